The van der Waals surface area contributed by atoms with Crippen LogP contribution in [0.4, 0.5) is 4.39 Å². The van der Waals surface area contributed by atoms with Crippen molar-refractivity contribution in [2.75, 3.05) is 26.7 Å². The van der Waals surface area contributed by atoms with E-state index < -0.39 is 0 Å². The first-order chi connectivity index (χ1) is 11.0. The van der Waals surface area contributed by atoms with Crippen LogP contribution in [0.1, 0.15) is 11.7 Å². The molecule has 1 saturated heterocycles. The van der Waals surface area contributed by atoms with Gasteiger partial charge in [0.25, 0.3) is 0 Å². The Kier molecular flexibility index (Phi) is 5.07. The quantitative estimate of drug-likeness (QED) is 0.779. The third-order valence-electron chi connectivity index (χ3n) is 3.71. The average molecular weight is 356 g/mol. The second-order valence-electron chi connectivity index (χ2n) is 5.48. The van der Waals surface area contributed by atoms with Crippen LogP contribution >= 0.6 is 23.2 Å². The van der Waals surface area contributed by atoms with Gasteiger partial charge in [0, 0.05) is 24.7 Å². The molecule has 0 N–H and O–H groups in total. The van der Waals surface area contributed by atoms with E-state index in [0.29, 0.717) is 40.3 Å². The normalized spacial score (nSPS) is 18.9. The highest BCUT2D eigenvalue weighted by atomic mass is 35.5. The van der Waals surface area contributed by atoms with Gasteiger partial charge in [-0.05, 0) is 37.4 Å². The Morgan fingerprint density at radius 3 is 2.74 bits per heavy atom. The van der Waals surface area contributed by atoms with E-state index >= 15 is 0 Å². The van der Waals surface area contributed by atoms with Crippen molar-refractivity contribution in [2.45, 2.75) is 6.10 Å². The van der Waals surface area contributed by atoms with Gasteiger partial charge in [-0.1, -0.05) is 23.2 Å². The molecule has 122 valence electrons. The van der Waals surface area contributed by atoms with Gasteiger partial charge in [-0.3, -0.25) is 0 Å². The maximum Gasteiger partial charge on any atom is 0.133 e. The highest BCUT2D eigenvalue weighted by Gasteiger charge is 2.23. The summed E-state index contributed by atoms with van der Waals surface area (Å²) in [6.07, 6.45) is -0.234. The van der Waals surface area contributed by atoms with Crippen LogP contribution in [-0.2, 0) is 4.74 Å². The molecule has 3 nitrogen and oxygen atoms in total. The van der Waals surface area contributed by atoms with E-state index in [9.17, 15) is 4.39 Å². The maximum atomic E-state index is 13.7. The molecule has 0 aliphatic carbocycles. The summed E-state index contributed by atoms with van der Waals surface area (Å²) in [5, 5.41) is 0.858. The fourth-order valence-corrected chi connectivity index (χ4v) is 2.79. The molecule has 1 aliphatic rings. The predicted octanol–water partition coefficient (Wildman–Crippen LogP) is 4.93. The largest absolute Gasteiger partial charge is 0.457 e. The molecule has 0 bridgehead atoms. The molecule has 3 rings (SSSR count). The SMILES string of the molecule is CN1CCOC(c2cc(F)ccc2Oc2ccc(Cl)c(Cl)c2)C1. The lowest BCUT2D eigenvalue weighted by atomic mass is 10.1. The monoisotopic (exact) mass is 355 g/mol. The Hall–Kier alpha value is -1.33. The number of likely N-dealkylation sites (N-methyl/N-ethyl adjacent to an activating group) is 1. The minimum atomic E-state index is -0.321. The third kappa shape index (κ3) is 3.96. The first-order valence-electron chi connectivity index (χ1n) is 7.25. The van der Waals surface area contributed by atoms with Crippen LogP contribution in [0.15, 0.2) is 36.4 Å². The zero-order valence-electron chi connectivity index (χ0n) is 12.6. The summed E-state index contributed by atoms with van der Waals surface area (Å²) in [6.45, 7) is 2.14. The second-order valence-corrected chi connectivity index (χ2v) is 6.30. The Morgan fingerprint density at radius 1 is 1.17 bits per heavy atom. The number of benzene rings is 2. The summed E-state index contributed by atoms with van der Waals surface area (Å²) in [7, 11) is 2.01. The van der Waals surface area contributed by atoms with Gasteiger partial charge in [-0.25, -0.2) is 4.39 Å². The van der Waals surface area contributed by atoms with E-state index in [0.717, 1.165) is 6.54 Å². The molecule has 23 heavy (non-hydrogen) atoms. The Bertz CT molecular complexity index is 711. The molecule has 1 atom stereocenters. The van der Waals surface area contributed by atoms with Gasteiger partial charge in [-0.15, -0.1) is 0 Å². The van der Waals surface area contributed by atoms with Gasteiger partial charge in [0.05, 0.1) is 22.8 Å². The number of morpholine rings is 1. The van der Waals surface area contributed by atoms with Crippen LogP contribution < -0.4 is 4.74 Å². The number of ether oxygens (including phenoxy) is 2. The van der Waals surface area contributed by atoms with Gasteiger partial charge in [0.2, 0.25) is 0 Å². The lowest BCUT2D eigenvalue weighted by Crippen LogP contribution is -2.35. The molecule has 1 aliphatic heterocycles. The Labute approximate surface area is 144 Å². The van der Waals surface area contributed by atoms with Crippen molar-refractivity contribution in [1.29, 1.82) is 0 Å². The summed E-state index contributed by atoms with van der Waals surface area (Å²) in [5.41, 5.74) is 0.683. The summed E-state index contributed by atoms with van der Waals surface area (Å²) in [5.74, 6) is 0.764. The Morgan fingerprint density at radius 2 is 2.00 bits per heavy atom. The zero-order chi connectivity index (χ0) is 16.4. The lowest BCUT2D eigenvalue weighted by Gasteiger charge is -2.31. The average Bonchev–Trinajstić information content (AvgIpc) is 2.52. The number of rotatable bonds is 3. The van der Waals surface area contributed by atoms with Crippen molar-refractivity contribution in [3.8, 4) is 11.5 Å². The number of hydrogen-bond donors (Lipinski definition) is 0. The Balaban J connectivity index is 1.90. The van der Waals surface area contributed by atoms with Crippen molar-refractivity contribution in [3.63, 3.8) is 0 Å². The molecular weight excluding hydrogens is 340 g/mol. The van der Waals surface area contributed by atoms with E-state index in [1.165, 1.54) is 12.1 Å². The first-order valence-corrected chi connectivity index (χ1v) is 8.01. The van der Waals surface area contributed by atoms with Gasteiger partial charge in [0.15, 0.2) is 0 Å². The fraction of sp³-hybridized carbons (Fsp3) is 0.294. The van der Waals surface area contributed by atoms with Crippen LogP contribution in [0.3, 0.4) is 0 Å². The van der Waals surface area contributed by atoms with Crippen molar-refractivity contribution < 1.29 is 13.9 Å². The smallest absolute Gasteiger partial charge is 0.133 e. The molecule has 1 fully saturated rings. The van der Waals surface area contributed by atoms with Crippen molar-refractivity contribution in [2.24, 2.45) is 0 Å². The van der Waals surface area contributed by atoms with Crippen molar-refractivity contribution in [3.05, 3.63) is 57.8 Å². The molecule has 6 heteroatoms. The fourth-order valence-electron chi connectivity index (χ4n) is 2.50. The second kappa shape index (κ2) is 7.05. The highest BCUT2D eigenvalue weighted by molar-refractivity contribution is 6.42. The summed E-state index contributed by atoms with van der Waals surface area (Å²) < 4.78 is 25.3. The number of hydrogen-bond acceptors (Lipinski definition) is 3. The van der Waals surface area contributed by atoms with Crippen LogP contribution in [0.2, 0.25) is 10.0 Å². The molecule has 0 amide bonds. The van der Waals surface area contributed by atoms with E-state index in [-0.39, 0.29) is 11.9 Å². The summed E-state index contributed by atoms with van der Waals surface area (Å²) in [4.78, 5) is 2.14. The van der Waals surface area contributed by atoms with Crippen LogP contribution in [0.5, 0.6) is 11.5 Å². The molecular formula is C17H16Cl2FNO2. The molecule has 2 aromatic rings. The van der Waals surface area contributed by atoms with E-state index in [2.05, 4.69) is 4.90 Å². The summed E-state index contributed by atoms with van der Waals surface area (Å²) in [6, 6.07) is 9.43. The standard InChI is InChI=1S/C17H16Cl2FNO2/c1-21-6-7-22-17(10-21)13-8-11(20)2-5-16(13)23-12-3-4-14(18)15(19)9-12/h2-5,8-9,17H,6-7,10H2,1H3. The molecule has 1 heterocycles. The molecule has 0 aromatic heterocycles. The molecule has 0 saturated carbocycles. The number of nitrogens with zero attached hydrogens (tertiary/aromatic N) is 1. The van der Waals surface area contributed by atoms with E-state index in [1.54, 1.807) is 24.3 Å². The third-order valence-corrected chi connectivity index (χ3v) is 4.45. The predicted molar refractivity (Wildman–Crippen MR) is 89.1 cm³/mol. The van der Waals surface area contributed by atoms with E-state index in [4.69, 9.17) is 32.7 Å². The van der Waals surface area contributed by atoms with Crippen LogP contribution in [0.25, 0.3) is 0 Å². The topological polar surface area (TPSA) is 21.7 Å². The minimum absolute atomic E-state index is 0.234. The van der Waals surface area contributed by atoms with Crippen LogP contribution in [-0.4, -0.2) is 31.6 Å². The van der Waals surface area contributed by atoms with Crippen molar-refractivity contribution in [1.82, 2.24) is 4.90 Å². The minimum Gasteiger partial charge on any atom is -0.457 e. The zero-order valence-corrected chi connectivity index (χ0v) is 14.1. The lowest BCUT2D eigenvalue weighted by molar-refractivity contribution is -0.0218. The van der Waals surface area contributed by atoms with Gasteiger partial charge in [0.1, 0.15) is 17.3 Å². The van der Waals surface area contributed by atoms with Gasteiger partial charge >= 0.3 is 0 Å². The van der Waals surface area contributed by atoms with Crippen molar-refractivity contribution >= 4 is 23.2 Å². The van der Waals surface area contributed by atoms with E-state index in [1.807, 2.05) is 7.05 Å². The number of halogens is 3. The molecule has 0 radical (unpaired) electrons. The van der Waals surface area contributed by atoms with Crippen LogP contribution in [0, 0.1) is 5.82 Å². The van der Waals surface area contributed by atoms with Gasteiger partial charge in [-0.2, -0.15) is 0 Å². The van der Waals surface area contributed by atoms with Gasteiger partial charge < -0.3 is 14.4 Å². The maximum absolute atomic E-state index is 13.7. The first kappa shape index (κ1) is 16.5. The summed E-state index contributed by atoms with van der Waals surface area (Å²) >= 11 is 11.9. The molecule has 0 spiro atoms. The molecule has 2 aromatic carbocycles. The highest BCUT2D eigenvalue weighted by Crippen LogP contribution is 2.35. The molecule has 1 unspecified atom stereocenters.